The lowest BCUT2D eigenvalue weighted by atomic mass is 10.0. The first-order valence-corrected chi connectivity index (χ1v) is 5.59. The van der Waals surface area contributed by atoms with Gasteiger partial charge in [-0.05, 0) is 18.8 Å². The van der Waals surface area contributed by atoms with Gasteiger partial charge in [-0.1, -0.05) is 11.6 Å². The van der Waals surface area contributed by atoms with Crippen LogP contribution in [0.15, 0.2) is 5.16 Å². The lowest BCUT2D eigenvalue weighted by molar-refractivity contribution is 0.120. The van der Waals surface area contributed by atoms with Gasteiger partial charge in [0.05, 0.1) is 19.8 Å². The first-order chi connectivity index (χ1) is 7.31. The van der Waals surface area contributed by atoms with E-state index in [1.54, 1.807) is 0 Å². The van der Waals surface area contributed by atoms with Gasteiger partial charge in [-0.3, -0.25) is 4.90 Å². The minimum Gasteiger partial charge on any atom is -0.409 e. The number of nitrogens with two attached hydrogens (primary N) is 1. The summed E-state index contributed by atoms with van der Waals surface area (Å²) in [5, 5.41) is 11.6. The van der Waals surface area contributed by atoms with Crippen LogP contribution in [0, 0.1) is 5.92 Å². The van der Waals surface area contributed by atoms with Gasteiger partial charge in [0.1, 0.15) is 0 Å². The molecule has 0 amide bonds. The van der Waals surface area contributed by atoms with Crippen molar-refractivity contribution in [2.75, 3.05) is 26.3 Å². The Labute approximate surface area is 89.9 Å². The molecule has 1 aliphatic carbocycles. The summed E-state index contributed by atoms with van der Waals surface area (Å²) in [4.78, 5) is 2.29. The molecule has 2 fully saturated rings. The van der Waals surface area contributed by atoms with Gasteiger partial charge in [0.25, 0.3) is 0 Å². The highest BCUT2D eigenvalue weighted by atomic mass is 16.5. The molecular weight excluding hydrogens is 194 g/mol. The van der Waals surface area contributed by atoms with Crippen molar-refractivity contribution in [1.82, 2.24) is 4.90 Å². The van der Waals surface area contributed by atoms with Crippen LogP contribution in [0.2, 0.25) is 0 Å². The predicted octanol–water partition coefficient (Wildman–Crippen LogP) is 0.234. The summed E-state index contributed by atoms with van der Waals surface area (Å²) in [5.41, 5.74) is 5.56. The molecule has 3 N–H and O–H groups in total. The highest BCUT2D eigenvalue weighted by Gasteiger charge is 2.34. The van der Waals surface area contributed by atoms with Crippen molar-refractivity contribution in [1.29, 1.82) is 0 Å². The molecule has 1 saturated heterocycles. The molecule has 0 aromatic heterocycles. The Hall–Kier alpha value is -0.810. The minimum absolute atomic E-state index is 0.294. The quantitative estimate of drug-likeness (QED) is 0.298. The fourth-order valence-electron chi connectivity index (χ4n) is 2.71. The molecule has 15 heavy (non-hydrogen) atoms. The van der Waals surface area contributed by atoms with Gasteiger partial charge in [0, 0.05) is 12.6 Å². The molecule has 5 nitrogen and oxygen atoms in total. The van der Waals surface area contributed by atoms with Gasteiger partial charge in [-0.2, -0.15) is 0 Å². The lowest BCUT2D eigenvalue weighted by Gasteiger charge is -2.28. The number of nitrogens with zero attached hydrogens (tertiary/aromatic N) is 2. The highest BCUT2D eigenvalue weighted by molar-refractivity contribution is 5.81. The average Bonchev–Trinajstić information content (AvgIpc) is 2.63. The zero-order valence-corrected chi connectivity index (χ0v) is 8.93. The van der Waals surface area contributed by atoms with Gasteiger partial charge in [0.15, 0.2) is 5.84 Å². The summed E-state index contributed by atoms with van der Waals surface area (Å²) in [6.45, 7) is 3.07. The molecule has 1 saturated carbocycles. The predicted molar refractivity (Wildman–Crippen MR) is 56.9 cm³/mol. The van der Waals surface area contributed by atoms with E-state index in [1.165, 1.54) is 19.3 Å². The van der Waals surface area contributed by atoms with E-state index in [0.29, 0.717) is 24.3 Å². The van der Waals surface area contributed by atoms with E-state index >= 15 is 0 Å². The molecule has 2 rings (SSSR count). The standard InChI is InChI=1S/C10H19N3O2/c11-10(12-14)6-13-4-5-15-7-8-2-1-3-9(8)13/h8-9,14H,1-7H2,(H2,11,12)/t8-,9-/m1/s1. The van der Waals surface area contributed by atoms with E-state index in [2.05, 4.69) is 10.1 Å². The SMILES string of the molecule is NC(CN1CCOC[C@H]2CCC[C@H]21)=NO. The van der Waals surface area contributed by atoms with Gasteiger partial charge in [0.2, 0.25) is 0 Å². The number of fused-ring (bicyclic) bond motifs is 1. The number of rotatable bonds is 2. The maximum Gasteiger partial charge on any atom is 0.153 e. The van der Waals surface area contributed by atoms with E-state index < -0.39 is 0 Å². The Kier molecular flexibility index (Phi) is 3.43. The molecule has 86 valence electrons. The van der Waals surface area contributed by atoms with Crippen LogP contribution in [0.1, 0.15) is 19.3 Å². The van der Waals surface area contributed by atoms with Crippen molar-refractivity contribution in [3.05, 3.63) is 0 Å². The van der Waals surface area contributed by atoms with Gasteiger partial charge >= 0.3 is 0 Å². The highest BCUT2D eigenvalue weighted by Crippen LogP contribution is 2.31. The Morgan fingerprint density at radius 1 is 1.53 bits per heavy atom. The minimum atomic E-state index is 0.294. The van der Waals surface area contributed by atoms with Crippen molar-refractivity contribution in [2.24, 2.45) is 16.8 Å². The second-order valence-corrected chi connectivity index (χ2v) is 4.40. The van der Waals surface area contributed by atoms with E-state index in [0.717, 1.165) is 19.8 Å². The number of ether oxygens (including phenoxy) is 1. The fourth-order valence-corrected chi connectivity index (χ4v) is 2.71. The summed E-state index contributed by atoms with van der Waals surface area (Å²) < 4.78 is 5.57. The topological polar surface area (TPSA) is 71.1 Å². The third-order valence-electron chi connectivity index (χ3n) is 3.44. The molecule has 0 aromatic carbocycles. The monoisotopic (exact) mass is 213 g/mol. The second kappa shape index (κ2) is 4.81. The zero-order valence-electron chi connectivity index (χ0n) is 8.93. The summed E-state index contributed by atoms with van der Waals surface area (Å²) >= 11 is 0. The van der Waals surface area contributed by atoms with Crippen LogP contribution in [-0.2, 0) is 4.74 Å². The van der Waals surface area contributed by atoms with E-state index in [9.17, 15) is 0 Å². The molecule has 0 unspecified atom stereocenters. The Morgan fingerprint density at radius 2 is 2.40 bits per heavy atom. The average molecular weight is 213 g/mol. The summed E-state index contributed by atoms with van der Waals surface area (Å²) in [6.07, 6.45) is 3.73. The number of amidine groups is 1. The van der Waals surface area contributed by atoms with Crippen molar-refractivity contribution in [3.8, 4) is 0 Å². The molecule has 0 aromatic rings. The van der Waals surface area contributed by atoms with Gasteiger partial charge in [-0.15, -0.1) is 0 Å². The largest absolute Gasteiger partial charge is 0.409 e. The van der Waals surface area contributed by atoms with Crippen LogP contribution < -0.4 is 5.73 Å². The molecular formula is C10H19N3O2. The molecule has 1 aliphatic heterocycles. The fraction of sp³-hybridized carbons (Fsp3) is 0.900. The lowest BCUT2D eigenvalue weighted by Crippen LogP contribution is -2.43. The number of oxime groups is 1. The molecule has 2 aliphatic rings. The van der Waals surface area contributed by atoms with E-state index in [-0.39, 0.29) is 0 Å². The van der Waals surface area contributed by atoms with E-state index in [1.807, 2.05) is 0 Å². The first-order valence-electron chi connectivity index (χ1n) is 5.59. The Balaban J connectivity index is 2.01. The molecule has 0 radical (unpaired) electrons. The maximum atomic E-state index is 8.58. The van der Waals surface area contributed by atoms with Crippen LogP contribution in [0.3, 0.4) is 0 Å². The molecule has 1 heterocycles. The molecule has 2 atom stereocenters. The summed E-state index contributed by atoms with van der Waals surface area (Å²) in [5.74, 6) is 0.932. The summed E-state index contributed by atoms with van der Waals surface area (Å²) in [6, 6.07) is 0.563. The van der Waals surface area contributed by atoms with Crippen molar-refractivity contribution >= 4 is 5.84 Å². The summed E-state index contributed by atoms with van der Waals surface area (Å²) in [7, 11) is 0. The van der Waals surface area contributed by atoms with Crippen LogP contribution in [-0.4, -0.2) is 48.3 Å². The second-order valence-electron chi connectivity index (χ2n) is 4.40. The first kappa shape index (κ1) is 10.7. The number of hydrogen-bond acceptors (Lipinski definition) is 4. The van der Waals surface area contributed by atoms with E-state index in [4.69, 9.17) is 15.7 Å². The third-order valence-corrected chi connectivity index (χ3v) is 3.44. The zero-order chi connectivity index (χ0) is 10.7. The smallest absolute Gasteiger partial charge is 0.153 e. The third kappa shape index (κ3) is 2.41. The van der Waals surface area contributed by atoms with Crippen LogP contribution >= 0.6 is 0 Å². The molecule has 5 heteroatoms. The van der Waals surface area contributed by atoms with Gasteiger partial charge in [-0.25, -0.2) is 0 Å². The molecule has 0 spiro atoms. The van der Waals surface area contributed by atoms with Crippen LogP contribution in [0.4, 0.5) is 0 Å². The van der Waals surface area contributed by atoms with Gasteiger partial charge < -0.3 is 15.7 Å². The van der Waals surface area contributed by atoms with Crippen molar-refractivity contribution in [3.63, 3.8) is 0 Å². The Morgan fingerprint density at radius 3 is 3.20 bits per heavy atom. The van der Waals surface area contributed by atoms with Crippen molar-refractivity contribution < 1.29 is 9.94 Å². The number of hydrogen-bond donors (Lipinski definition) is 2. The normalized spacial score (nSPS) is 33.7. The van der Waals surface area contributed by atoms with Crippen molar-refractivity contribution in [2.45, 2.75) is 25.3 Å². The van der Waals surface area contributed by atoms with Crippen LogP contribution in [0.5, 0.6) is 0 Å². The Bertz CT molecular complexity index is 245. The maximum absolute atomic E-state index is 8.58. The van der Waals surface area contributed by atoms with Crippen LogP contribution in [0.25, 0.3) is 0 Å². The molecule has 0 bridgehead atoms.